The summed E-state index contributed by atoms with van der Waals surface area (Å²) in [5.74, 6) is -0.793. The van der Waals surface area contributed by atoms with E-state index in [9.17, 15) is 14.0 Å². The van der Waals surface area contributed by atoms with E-state index >= 15 is 0 Å². The number of rotatable bonds is 20. The van der Waals surface area contributed by atoms with Crippen LogP contribution in [0.1, 0.15) is 62.1 Å². The van der Waals surface area contributed by atoms with Gasteiger partial charge in [0, 0.05) is 32.7 Å². The lowest BCUT2D eigenvalue weighted by Gasteiger charge is -2.12. The summed E-state index contributed by atoms with van der Waals surface area (Å²) in [6.45, 7) is 5.12. The average Bonchev–Trinajstić information content (AvgIpc) is 2.90. The number of carbonyl (C=O) groups is 2. The molecular weight excluding hydrogens is 485 g/mol. The first-order chi connectivity index (χ1) is 18.4. The Labute approximate surface area is 226 Å². The van der Waals surface area contributed by atoms with Gasteiger partial charge < -0.3 is 25.8 Å². The largest absolute Gasteiger partial charge is 0.493 e. The molecule has 0 heterocycles. The number of hydrogen-bond donors (Lipinski definition) is 3. The van der Waals surface area contributed by atoms with Crippen LogP contribution in [0.15, 0.2) is 42.5 Å². The van der Waals surface area contributed by atoms with Crippen LogP contribution in [0.4, 0.5) is 4.39 Å². The van der Waals surface area contributed by atoms with Gasteiger partial charge in [-0.15, -0.1) is 0 Å². The summed E-state index contributed by atoms with van der Waals surface area (Å²) in [6, 6.07) is 13.5. The molecule has 0 aromatic heterocycles. The number of methoxy groups -OCH3 is 1. The standard InChI is InChI=1S/C30H44FN3O4/c1-3-23-10-8-11-25(17-23)21-33-14-5-4-9-24-18-27(31)20-28(19-24)38-16-7-6-15-34-29(35)13-12-26(22-37-2)30(32)36/h8,10-11,17-20,26,33H,3-7,9,12-16,21-22H2,1-2H3,(H2,32,36)(H,34,35). The van der Waals surface area contributed by atoms with E-state index in [0.717, 1.165) is 57.2 Å². The predicted molar refractivity (Wildman–Crippen MR) is 148 cm³/mol. The number of ether oxygens (including phenoxy) is 2. The number of nitrogens with two attached hydrogens (primary N) is 1. The Morgan fingerprint density at radius 2 is 1.79 bits per heavy atom. The van der Waals surface area contributed by atoms with Gasteiger partial charge in [0.2, 0.25) is 11.8 Å². The molecule has 0 aliphatic carbocycles. The van der Waals surface area contributed by atoms with Crippen molar-refractivity contribution < 1.29 is 23.5 Å². The van der Waals surface area contributed by atoms with Crippen LogP contribution in [-0.4, -0.2) is 45.2 Å². The molecule has 2 aromatic rings. The Balaban J connectivity index is 1.58. The SMILES string of the molecule is CCc1cccc(CNCCCCc2cc(F)cc(OCCCCNC(=O)CCC(COC)C(N)=O)c2)c1. The first-order valence-corrected chi connectivity index (χ1v) is 13.7. The molecule has 0 bridgehead atoms. The maximum atomic E-state index is 14.1. The second kappa shape index (κ2) is 18.3. The van der Waals surface area contributed by atoms with Crippen LogP contribution in [0.25, 0.3) is 0 Å². The van der Waals surface area contributed by atoms with Gasteiger partial charge >= 0.3 is 0 Å². The van der Waals surface area contributed by atoms with Gasteiger partial charge in [-0.05, 0) is 80.3 Å². The van der Waals surface area contributed by atoms with Crippen molar-refractivity contribution in [2.24, 2.45) is 11.7 Å². The molecule has 2 rings (SSSR count). The van der Waals surface area contributed by atoms with Gasteiger partial charge in [-0.1, -0.05) is 31.2 Å². The summed E-state index contributed by atoms with van der Waals surface area (Å²) >= 11 is 0. The molecule has 4 N–H and O–H groups in total. The minimum atomic E-state index is -0.460. The highest BCUT2D eigenvalue weighted by Crippen LogP contribution is 2.18. The molecule has 0 aliphatic rings. The fourth-order valence-corrected chi connectivity index (χ4v) is 4.17. The molecule has 7 nitrogen and oxygen atoms in total. The lowest BCUT2D eigenvalue weighted by molar-refractivity contribution is -0.124. The van der Waals surface area contributed by atoms with E-state index < -0.39 is 11.8 Å². The van der Waals surface area contributed by atoms with E-state index in [-0.39, 0.29) is 24.8 Å². The smallest absolute Gasteiger partial charge is 0.222 e. The molecule has 0 saturated carbocycles. The monoisotopic (exact) mass is 529 g/mol. The topological polar surface area (TPSA) is 103 Å². The quantitative estimate of drug-likeness (QED) is 0.222. The summed E-state index contributed by atoms with van der Waals surface area (Å²) < 4.78 is 24.8. The number of amides is 2. The van der Waals surface area contributed by atoms with Crippen molar-refractivity contribution in [2.75, 3.05) is 33.4 Å². The van der Waals surface area contributed by atoms with E-state index in [1.807, 2.05) is 6.07 Å². The fourth-order valence-electron chi connectivity index (χ4n) is 4.17. The molecule has 2 amide bonds. The molecule has 1 unspecified atom stereocenters. The third-order valence-corrected chi connectivity index (χ3v) is 6.38. The maximum absolute atomic E-state index is 14.1. The molecule has 0 saturated heterocycles. The molecule has 1 atom stereocenters. The van der Waals surface area contributed by atoms with E-state index in [4.69, 9.17) is 15.2 Å². The first kappa shape index (κ1) is 31.2. The van der Waals surface area contributed by atoms with Gasteiger partial charge in [0.1, 0.15) is 11.6 Å². The van der Waals surface area contributed by atoms with Crippen molar-refractivity contribution in [3.05, 3.63) is 65.0 Å². The minimum Gasteiger partial charge on any atom is -0.493 e. The number of aryl methyl sites for hydroxylation is 2. The van der Waals surface area contributed by atoms with E-state index in [1.54, 1.807) is 6.07 Å². The fraction of sp³-hybridized carbons (Fsp3) is 0.533. The van der Waals surface area contributed by atoms with Crippen LogP contribution in [0.5, 0.6) is 5.75 Å². The van der Waals surface area contributed by atoms with Gasteiger partial charge in [-0.25, -0.2) is 4.39 Å². The second-order valence-electron chi connectivity index (χ2n) is 9.60. The third kappa shape index (κ3) is 13.0. The van der Waals surface area contributed by atoms with E-state index in [0.29, 0.717) is 25.3 Å². The van der Waals surface area contributed by atoms with Crippen molar-refractivity contribution in [1.29, 1.82) is 0 Å². The summed E-state index contributed by atoms with van der Waals surface area (Å²) in [5.41, 5.74) is 8.90. The molecule has 38 heavy (non-hydrogen) atoms. The summed E-state index contributed by atoms with van der Waals surface area (Å²) in [6.07, 6.45) is 5.88. The minimum absolute atomic E-state index is 0.121. The van der Waals surface area contributed by atoms with Crippen molar-refractivity contribution >= 4 is 11.8 Å². The van der Waals surface area contributed by atoms with Gasteiger partial charge in [-0.3, -0.25) is 9.59 Å². The Morgan fingerprint density at radius 1 is 1.00 bits per heavy atom. The number of hydrogen-bond acceptors (Lipinski definition) is 5. The number of primary amides is 1. The number of nitrogens with one attached hydrogen (secondary N) is 2. The van der Waals surface area contributed by atoms with Crippen LogP contribution >= 0.6 is 0 Å². The van der Waals surface area contributed by atoms with E-state index in [1.165, 1.54) is 24.3 Å². The van der Waals surface area contributed by atoms with Crippen molar-refractivity contribution in [3.63, 3.8) is 0 Å². The highest BCUT2D eigenvalue weighted by molar-refractivity contribution is 5.79. The van der Waals surface area contributed by atoms with Gasteiger partial charge in [0.25, 0.3) is 0 Å². The summed E-state index contributed by atoms with van der Waals surface area (Å²) in [7, 11) is 1.50. The number of halogens is 1. The van der Waals surface area contributed by atoms with Crippen LogP contribution < -0.4 is 21.1 Å². The number of carbonyl (C=O) groups excluding carboxylic acids is 2. The summed E-state index contributed by atoms with van der Waals surface area (Å²) in [5, 5.41) is 6.32. The predicted octanol–water partition coefficient (Wildman–Crippen LogP) is 4.30. The Hall–Kier alpha value is -2.97. The van der Waals surface area contributed by atoms with Gasteiger partial charge in [0.15, 0.2) is 0 Å². The van der Waals surface area contributed by atoms with E-state index in [2.05, 4.69) is 41.8 Å². The molecule has 0 fully saturated rings. The van der Waals surface area contributed by atoms with Crippen LogP contribution in [0, 0.1) is 11.7 Å². The number of unbranched alkanes of at least 4 members (excludes halogenated alkanes) is 2. The average molecular weight is 530 g/mol. The zero-order valence-electron chi connectivity index (χ0n) is 22.9. The molecule has 2 aromatic carbocycles. The van der Waals surface area contributed by atoms with Crippen LogP contribution in [0.2, 0.25) is 0 Å². The van der Waals surface area contributed by atoms with Crippen LogP contribution in [-0.2, 0) is 33.7 Å². The normalized spacial score (nSPS) is 11.8. The Bertz CT molecular complexity index is 986. The Kier molecular flexibility index (Phi) is 15.1. The lowest BCUT2D eigenvalue weighted by Crippen LogP contribution is -2.30. The van der Waals surface area contributed by atoms with Gasteiger partial charge in [-0.2, -0.15) is 0 Å². The van der Waals surface area contributed by atoms with Crippen molar-refractivity contribution in [3.8, 4) is 5.75 Å². The summed E-state index contributed by atoms with van der Waals surface area (Å²) in [4.78, 5) is 23.3. The zero-order chi connectivity index (χ0) is 27.6. The highest BCUT2D eigenvalue weighted by atomic mass is 19.1. The Morgan fingerprint density at radius 3 is 2.55 bits per heavy atom. The third-order valence-electron chi connectivity index (χ3n) is 6.38. The lowest BCUT2D eigenvalue weighted by atomic mass is 10.0. The number of benzene rings is 2. The van der Waals surface area contributed by atoms with Crippen molar-refractivity contribution in [1.82, 2.24) is 10.6 Å². The zero-order valence-corrected chi connectivity index (χ0v) is 22.9. The van der Waals surface area contributed by atoms with Crippen LogP contribution in [0.3, 0.4) is 0 Å². The van der Waals surface area contributed by atoms with Crippen molar-refractivity contribution in [2.45, 2.75) is 64.8 Å². The molecular formula is C30H44FN3O4. The first-order valence-electron chi connectivity index (χ1n) is 13.7. The molecule has 210 valence electrons. The highest BCUT2D eigenvalue weighted by Gasteiger charge is 2.16. The maximum Gasteiger partial charge on any atom is 0.222 e. The second-order valence-corrected chi connectivity index (χ2v) is 9.60. The molecule has 0 spiro atoms. The van der Waals surface area contributed by atoms with Gasteiger partial charge in [0.05, 0.1) is 19.1 Å². The molecule has 0 aliphatic heterocycles. The molecule has 8 heteroatoms. The molecule has 0 radical (unpaired) electrons.